The summed E-state index contributed by atoms with van der Waals surface area (Å²) in [5.41, 5.74) is 2.90. The summed E-state index contributed by atoms with van der Waals surface area (Å²) in [6.45, 7) is 7.78. The molecule has 1 saturated heterocycles. The van der Waals surface area contributed by atoms with Gasteiger partial charge in [0.05, 0.1) is 19.8 Å². The van der Waals surface area contributed by atoms with Crippen molar-refractivity contribution in [1.82, 2.24) is 4.90 Å². The van der Waals surface area contributed by atoms with E-state index in [0.717, 1.165) is 37.1 Å². The van der Waals surface area contributed by atoms with Crippen molar-refractivity contribution < 1.29 is 14.2 Å². The lowest BCUT2D eigenvalue weighted by Gasteiger charge is -2.39. The second-order valence-electron chi connectivity index (χ2n) is 9.18. The van der Waals surface area contributed by atoms with Gasteiger partial charge in [-0.3, -0.25) is 4.90 Å². The number of ether oxygens (including phenoxy) is 3. The number of hydrogen-bond donors (Lipinski definition) is 0. The predicted molar refractivity (Wildman–Crippen MR) is 136 cm³/mol. The van der Waals surface area contributed by atoms with E-state index in [4.69, 9.17) is 14.2 Å². The number of likely N-dealkylation sites (tertiary alicyclic amines) is 1. The fraction of sp³-hybridized carbons (Fsp3) is 0.400. The van der Waals surface area contributed by atoms with E-state index in [2.05, 4.69) is 91.5 Å². The van der Waals surface area contributed by atoms with E-state index in [1.807, 2.05) is 18.2 Å². The van der Waals surface area contributed by atoms with E-state index in [0.29, 0.717) is 19.8 Å². The third-order valence-electron chi connectivity index (χ3n) is 6.63. The van der Waals surface area contributed by atoms with Gasteiger partial charge in [-0.1, -0.05) is 104 Å². The zero-order valence-electron chi connectivity index (χ0n) is 20.4. The van der Waals surface area contributed by atoms with Crippen LogP contribution in [0.2, 0.25) is 0 Å². The first-order valence-corrected chi connectivity index (χ1v) is 12.4. The highest BCUT2D eigenvalue weighted by Crippen LogP contribution is 2.37. The van der Waals surface area contributed by atoms with Gasteiger partial charge < -0.3 is 14.2 Å². The van der Waals surface area contributed by atoms with Gasteiger partial charge in [0.1, 0.15) is 17.9 Å². The first kappa shape index (κ1) is 24.6. The monoisotopic (exact) mass is 459 g/mol. The molecule has 3 aromatic rings. The van der Waals surface area contributed by atoms with Crippen molar-refractivity contribution in [3.63, 3.8) is 0 Å². The van der Waals surface area contributed by atoms with Crippen molar-refractivity contribution in [3.05, 3.63) is 108 Å². The number of benzene rings is 3. The summed E-state index contributed by atoms with van der Waals surface area (Å²) in [6.07, 6.45) is 1.95. The van der Waals surface area contributed by atoms with Crippen molar-refractivity contribution >= 4 is 0 Å². The summed E-state index contributed by atoms with van der Waals surface area (Å²) in [5.74, 6) is 0. The molecule has 0 radical (unpaired) electrons. The third-order valence-corrected chi connectivity index (χ3v) is 6.63. The molecular formula is C30H37NO3. The Labute approximate surface area is 204 Å². The molecule has 4 nitrogen and oxygen atoms in total. The maximum atomic E-state index is 6.69. The van der Waals surface area contributed by atoms with Gasteiger partial charge in [-0.05, 0) is 30.0 Å². The minimum Gasteiger partial charge on any atom is -0.369 e. The van der Waals surface area contributed by atoms with Crippen molar-refractivity contribution in [1.29, 1.82) is 0 Å². The van der Waals surface area contributed by atoms with Gasteiger partial charge in [-0.15, -0.1) is 0 Å². The zero-order chi connectivity index (χ0) is 23.6. The minimum atomic E-state index is -0.582. The van der Waals surface area contributed by atoms with Gasteiger partial charge in [-0.2, -0.15) is 0 Å². The first-order chi connectivity index (χ1) is 16.7. The van der Waals surface area contributed by atoms with Crippen molar-refractivity contribution in [3.8, 4) is 0 Å². The number of hydrogen-bond acceptors (Lipinski definition) is 4. The summed E-state index contributed by atoms with van der Waals surface area (Å²) < 4.78 is 19.8. The number of unbranched alkanes of at least 4 members (excludes halogenated alkanes) is 1. The Morgan fingerprint density at radius 1 is 0.735 bits per heavy atom. The Hall–Kier alpha value is -2.50. The van der Waals surface area contributed by atoms with E-state index in [-0.39, 0.29) is 12.2 Å². The van der Waals surface area contributed by atoms with Crippen LogP contribution in [0, 0.1) is 0 Å². The molecule has 4 heteroatoms. The van der Waals surface area contributed by atoms with Crippen LogP contribution in [-0.2, 0) is 34.0 Å². The Balaban J connectivity index is 1.55. The fourth-order valence-corrected chi connectivity index (χ4v) is 4.60. The molecule has 1 aliphatic rings. The lowest BCUT2D eigenvalue weighted by molar-refractivity contribution is -0.207. The molecular weight excluding hydrogens is 422 g/mol. The first-order valence-electron chi connectivity index (χ1n) is 12.4. The normalized spacial score (nSPS) is 22.8. The summed E-state index contributed by atoms with van der Waals surface area (Å²) >= 11 is 0. The smallest absolute Gasteiger partial charge is 0.148 e. The number of rotatable bonds is 12. The van der Waals surface area contributed by atoms with Gasteiger partial charge in [-0.25, -0.2) is 0 Å². The van der Waals surface area contributed by atoms with Crippen LogP contribution in [0.5, 0.6) is 0 Å². The van der Waals surface area contributed by atoms with Gasteiger partial charge >= 0.3 is 0 Å². The molecule has 0 aliphatic carbocycles. The molecule has 1 fully saturated rings. The lowest BCUT2D eigenvalue weighted by Crippen LogP contribution is -2.52. The van der Waals surface area contributed by atoms with Crippen LogP contribution in [0.4, 0.5) is 0 Å². The lowest BCUT2D eigenvalue weighted by atomic mass is 10.1. The van der Waals surface area contributed by atoms with Crippen LogP contribution in [0.3, 0.4) is 0 Å². The van der Waals surface area contributed by atoms with Crippen LogP contribution < -0.4 is 0 Å². The van der Waals surface area contributed by atoms with Crippen LogP contribution >= 0.6 is 0 Å². The molecule has 0 N–H and O–H groups in total. The van der Waals surface area contributed by atoms with Gasteiger partial charge in [0.15, 0.2) is 0 Å². The van der Waals surface area contributed by atoms with Gasteiger partial charge in [0.2, 0.25) is 0 Å². The molecule has 1 aliphatic heterocycles. The van der Waals surface area contributed by atoms with E-state index in [1.54, 1.807) is 0 Å². The zero-order valence-corrected chi connectivity index (χ0v) is 20.4. The largest absolute Gasteiger partial charge is 0.369 e. The quantitative estimate of drug-likeness (QED) is 0.322. The van der Waals surface area contributed by atoms with Crippen molar-refractivity contribution in [2.45, 2.75) is 64.4 Å². The molecule has 3 atom stereocenters. The summed E-state index contributed by atoms with van der Waals surface area (Å²) in [5, 5.41) is 0. The van der Waals surface area contributed by atoms with Crippen molar-refractivity contribution in [2.75, 3.05) is 13.1 Å². The average molecular weight is 460 g/mol. The summed E-state index contributed by atoms with van der Waals surface area (Å²) in [7, 11) is 0. The van der Waals surface area contributed by atoms with E-state index in [1.165, 1.54) is 5.56 Å². The number of nitrogens with zero attached hydrogens (tertiary/aromatic N) is 1. The molecule has 0 saturated carbocycles. The fourth-order valence-electron chi connectivity index (χ4n) is 4.60. The van der Waals surface area contributed by atoms with Crippen LogP contribution in [-0.4, -0.2) is 35.9 Å². The second-order valence-corrected chi connectivity index (χ2v) is 9.18. The predicted octanol–water partition coefficient (Wildman–Crippen LogP) is 6.21. The van der Waals surface area contributed by atoms with Crippen molar-refractivity contribution in [2.24, 2.45) is 0 Å². The van der Waals surface area contributed by atoms with Crippen LogP contribution in [0.1, 0.15) is 43.4 Å². The molecule has 0 unspecified atom stereocenters. The molecule has 34 heavy (non-hydrogen) atoms. The van der Waals surface area contributed by atoms with Crippen LogP contribution in [0.15, 0.2) is 91.0 Å². The standard InChI is InChI=1S/C30H37NO3/c1-3-4-20-31-21-28(32-22-25-14-8-5-9-15-25)29(33-23-26-16-10-6-11-17-26)30(31,2)34-24-27-18-12-7-13-19-27/h5-19,28-29H,3-4,20-24H2,1-2H3/t28-,29-,30-/m1/s1. The highest BCUT2D eigenvalue weighted by Gasteiger charge is 2.53. The maximum Gasteiger partial charge on any atom is 0.148 e. The van der Waals surface area contributed by atoms with Crippen LogP contribution in [0.25, 0.3) is 0 Å². The SMILES string of the molecule is CCCCN1C[C@@H](OCc2ccccc2)[C@@H](OCc2ccccc2)[C@@]1(C)OCc1ccccc1. The minimum absolute atomic E-state index is 0.0819. The summed E-state index contributed by atoms with van der Waals surface area (Å²) in [4.78, 5) is 2.42. The van der Waals surface area contributed by atoms with E-state index in [9.17, 15) is 0 Å². The molecule has 180 valence electrons. The molecule has 0 bridgehead atoms. The Morgan fingerprint density at radius 2 is 1.24 bits per heavy atom. The van der Waals surface area contributed by atoms with Gasteiger partial charge in [0, 0.05) is 13.1 Å². The topological polar surface area (TPSA) is 30.9 Å². The summed E-state index contributed by atoms with van der Waals surface area (Å²) in [6, 6.07) is 31.1. The molecule has 0 amide bonds. The average Bonchev–Trinajstić information content (AvgIpc) is 3.16. The second kappa shape index (κ2) is 12.3. The molecule has 0 spiro atoms. The Morgan fingerprint density at radius 3 is 1.76 bits per heavy atom. The maximum absolute atomic E-state index is 6.69. The Bertz CT molecular complexity index is 966. The van der Waals surface area contributed by atoms with E-state index >= 15 is 0 Å². The molecule has 1 heterocycles. The molecule has 0 aromatic heterocycles. The highest BCUT2D eigenvalue weighted by atomic mass is 16.6. The Kier molecular flexibility index (Phi) is 8.89. The molecule has 4 rings (SSSR count). The third kappa shape index (κ3) is 6.34. The highest BCUT2D eigenvalue weighted by molar-refractivity contribution is 5.16. The molecule has 3 aromatic carbocycles. The van der Waals surface area contributed by atoms with Gasteiger partial charge in [0.25, 0.3) is 0 Å². The van der Waals surface area contributed by atoms with E-state index < -0.39 is 5.72 Å².